The number of allylic oxidation sites excluding steroid dienone is 2. The van der Waals surface area contributed by atoms with E-state index in [-0.39, 0.29) is 6.42 Å². The van der Waals surface area contributed by atoms with E-state index in [0.717, 1.165) is 5.47 Å². The van der Waals surface area contributed by atoms with Gasteiger partial charge in [-0.3, -0.25) is 4.74 Å². The molecule has 0 spiro atoms. The van der Waals surface area contributed by atoms with Gasteiger partial charge in [0.15, 0.2) is 0 Å². The van der Waals surface area contributed by atoms with E-state index >= 15 is 0 Å². The molecule has 0 fully saturated rings. The quantitative estimate of drug-likeness (QED) is 0.690. The lowest BCUT2D eigenvalue weighted by atomic mass is 9.75. The van der Waals surface area contributed by atoms with Crippen LogP contribution in [0.25, 0.3) is 0 Å². The average Bonchev–Trinajstić information content (AvgIpc) is 2.28. The molecule has 1 aliphatic carbocycles. The summed E-state index contributed by atoms with van der Waals surface area (Å²) in [6, 6.07) is 0. The minimum absolute atomic E-state index is 0.155. The zero-order valence-electron chi connectivity index (χ0n) is 10.4. The van der Waals surface area contributed by atoms with Crippen LogP contribution in [0.1, 0.15) is 20.3 Å². The Kier molecular flexibility index (Phi) is 5.91. The Bertz CT molecular complexity index is 309. The second kappa shape index (κ2) is 6.96. The molecule has 0 aromatic rings. The predicted octanol–water partition coefficient (Wildman–Crippen LogP) is 2.88. The van der Waals surface area contributed by atoms with E-state index in [9.17, 15) is 13.2 Å². The van der Waals surface area contributed by atoms with Crippen molar-refractivity contribution in [1.29, 1.82) is 0 Å². The van der Waals surface area contributed by atoms with Crippen LogP contribution < -0.4 is 0 Å². The fraction of sp³-hybridized carbons (Fsp3) is 0.636. The second-order valence-corrected chi connectivity index (χ2v) is 3.64. The third-order valence-corrected chi connectivity index (χ3v) is 2.28. The molecular weight excluding hydrogens is 248 g/mol. The van der Waals surface area contributed by atoms with Crippen LogP contribution in [0.2, 0.25) is 0 Å². The Morgan fingerprint density at radius 2 is 1.89 bits per heavy atom. The highest BCUT2D eigenvalue weighted by molar-refractivity contribution is 6.54. The smallest absolute Gasteiger partial charge is 0.408 e. The van der Waals surface area contributed by atoms with E-state index in [0.29, 0.717) is 13.2 Å². The third kappa shape index (κ3) is 5.24. The largest absolute Gasteiger partial charge is 0.523 e. The highest BCUT2D eigenvalue weighted by atomic mass is 19.4. The van der Waals surface area contributed by atoms with Crippen molar-refractivity contribution in [1.82, 2.24) is 0 Å². The van der Waals surface area contributed by atoms with Crippen molar-refractivity contribution in [2.75, 3.05) is 13.2 Å². The molecule has 1 unspecified atom stereocenters. The van der Waals surface area contributed by atoms with E-state index in [1.807, 2.05) is 13.8 Å². The number of rotatable bonds is 6. The molecule has 0 aliphatic heterocycles. The van der Waals surface area contributed by atoms with Crippen LogP contribution in [0.5, 0.6) is 0 Å². The zero-order valence-corrected chi connectivity index (χ0v) is 10.4. The van der Waals surface area contributed by atoms with Crippen molar-refractivity contribution in [3.8, 4) is 0 Å². The molecule has 102 valence electrons. The van der Waals surface area contributed by atoms with Gasteiger partial charge in [0.1, 0.15) is 0 Å². The van der Waals surface area contributed by atoms with Gasteiger partial charge in [-0.25, -0.2) is 0 Å². The molecule has 0 N–H and O–H groups in total. The molecule has 0 aromatic heterocycles. The average molecular weight is 264 g/mol. The molecule has 0 heterocycles. The first-order valence-corrected chi connectivity index (χ1v) is 5.82. The summed E-state index contributed by atoms with van der Waals surface area (Å²) in [6.45, 7) is 4.60. The first-order valence-electron chi connectivity index (χ1n) is 5.82. The minimum Gasteiger partial charge on any atom is -0.408 e. The number of hydrogen-bond acceptors (Lipinski definition) is 3. The Balaban J connectivity index is 2.55. The molecular formula is C11H16BF3O3. The lowest BCUT2D eigenvalue weighted by molar-refractivity contribution is -0.335. The zero-order chi connectivity index (χ0) is 13.6. The Hall–Kier alpha value is -0.785. The molecule has 3 nitrogen and oxygen atoms in total. The lowest BCUT2D eigenvalue weighted by Crippen LogP contribution is -2.28. The van der Waals surface area contributed by atoms with E-state index in [1.54, 1.807) is 12.2 Å². The molecule has 7 heteroatoms. The standard InChI is InChI=1S/C11H16BF3O3/c1-3-16-12(17-4-2)9-5-7-10(8-6-9)18-11(13,14)15/h5-7,10H,3-4,8H2,1-2H3. The van der Waals surface area contributed by atoms with E-state index < -0.39 is 19.6 Å². The van der Waals surface area contributed by atoms with Crippen molar-refractivity contribution < 1.29 is 27.2 Å². The van der Waals surface area contributed by atoms with E-state index in [1.165, 1.54) is 6.08 Å². The first-order chi connectivity index (χ1) is 8.46. The van der Waals surface area contributed by atoms with Crippen LogP contribution >= 0.6 is 0 Å². The predicted molar refractivity (Wildman–Crippen MR) is 61.8 cm³/mol. The molecule has 0 radical (unpaired) electrons. The van der Waals surface area contributed by atoms with Gasteiger partial charge >= 0.3 is 13.5 Å². The van der Waals surface area contributed by atoms with Gasteiger partial charge in [0.05, 0.1) is 6.10 Å². The van der Waals surface area contributed by atoms with Crippen LogP contribution in [0.3, 0.4) is 0 Å². The lowest BCUT2D eigenvalue weighted by Gasteiger charge is -2.20. The van der Waals surface area contributed by atoms with Crippen molar-refractivity contribution in [3.05, 3.63) is 23.7 Å². The number of alkyl halides is 3. The van der Waals surface area contributed by atoms with Gasteiger partial charge < -0.3 is 9.31 Å². The summed E-state index contributed by atoms with van der Waals surface area (Å²) in [5.74, 6) is 0. The summed E-state index contributed by atoms with van der Waals surface area (Å²) in [5, 5.41) is 0. The Morgan fingerprint density at radius 3 is 2.28 bits per heavy atom. The van der Waals surface area contributed by atoms with Gasteiger partial charge in [0, 0.05) is 13.2 Å². The van der Waals surface area contributed by atoms with Crippen LogP contribution in [0, 0.1) is 0 Å². The summed E-state index contributed by atoms with van der Waals surface area (Å²) >= 11 is 0. The van der Waals surface area contributed by atoms with Crippen molar-refractivity contribution >= 4 is 7.12 Å². The number of ether oxygens (including phenoxy) is 1. The van der Waals surface area contributed by atoms with E-state index in [2.05, 4.69) is 4.74 Å². The molecule has 0 saturated carbocycles. The van der Waals surface area contributed by atoms with Gasteiger partial charge in [0.25, 0.3) is 0 Å². The molecule has 1 aliphatic rings. The Labute approximate surface area is 105 Å². The summed E-state index contributed by atoms with van der Waals surface area (Å²) in [5.41, 5.74) is 0.723. The third-order valence-electron chi connectivity index (χ3n) is 2.28. The number of hydrogen-bond donors (Lipinski definition) is 0. The molecule has 0 amide bonds. The van der Waals surface area contributed by atoms with Crippen LogP contribution in [0.4, 0.5) is 13.2 Å². The number of halogens is 3. The van der Waals surface area contributed by atoms with Crippen molar-refractivity contribution in [2.45, 2.75) is 32.7 Å². The summed E-state index contributed by atoms with van der Waals surface area (Å²) in [6.07, 6.45) is -0.866. The minimum atomic E-state index is -4.61. The van der Waals surface area contributed by atoms with Gasteiger partial charge in [0.2, 0.25) is 0 Å². The summed E-state index contributed by atoms with van der Waals surface area (Å²) < 4.78 is 50.7. The highest BCUT2D eigenvalue weighted by Gasteiger charge is 2.33. The summed E-state index contributed by atoms with van der Waals surface area (Å²) in [4.78, 5) is 0. The maximum atomic E-state index is 12.0. The summed E-state index contributed by atoms with van der Waals surface area (Å²) in [7, 11) is -0.525. The van der Waals surface area contributed by atoms with Gasteiger partial charge in [-0.2, -0.15) is 0 Å². The molecule has 1 atom stereocenters. The van der Waals surface area contributed by atoms with Gasteiger partial charge in [-0.05, 0) is 25.7 Å². The fourth-order valence-electron chi connectivity index (χ4n) is 1.59. The van der Waals surface area contributed by atoms with Crippen molar-refractivity contribution in [3.63, 3.8) is 0 Å². The van der Waals surface area contributed by atoms with Crippen LogP contribution in [-0.2, 0) is 14.0 Å². The second-order valence-electron chi connectivity index (χ2n) is 3.64. The molecule has 0 aromatic carbocycles. The monoisotopic (exact) mass is 264 g/mol. The molecule has 0 bridgehead atoms. The molecule has 18 heavy (non-hydrogen) atoms. The highest BCUT2D eigenvalue weighted by Crippen LogP contribution is 2.24. The maximum absolute atomic E-state index is 12.0. The van der Waals surface area contributed by atoms with Crippen LogP contribution in [-0.4, -0.2) is 32.8 Å². The van der Waals surface area contributed by atoms with Gasteiger partial charge in [-0.1, -0.05) is 18.2 Å². The maximum Gasteiger partial charge on any atom is 0.523 e. The van der Waals surface area contributed by atoms with E-state index in [4.69, 9.17) is 9.31 Å². The molecule has 0 saturated heterocycles. The normalized spacial score (nSPS) is 19.8. The molecule has 1 rings (SSSR count). The van der Waals surface area contributed by atoms with Crippen molar-refractivity contribution in [2.24, 2.45) is 0 Å². The topological polar surface area (TPSA) is 27.7 Å². The van der Waals surface area contributed by atoms with Crippen LogP contribution in [0.15, 0.2) is 23.7 Å². The first kappa shape index (κ1) is 15.3. The Morgan fingerprint density at radius 1 is 1.28 bits per heavy atom. The SMILES string of the molecule is CCOB(OCC)C1=CCC(OC(F)(F)F)C=C1. The van der Waals surface area contributed by atoms with Gasteiger partial charge in [-0.15, -0.1) is 13.2 Å². The fourth-order valence-corrected chi connectivity index (χ4v) is 1.59.